The molecule has 2 rings (SSSR count). The van der Waals surface area contributed by atoms with Gasteiger partial charge in [-0.25, -0.2) is 4.79 Å². The maximum Gasteiger partial charge on any atom is 0.340 e. The number of aryl methyl sites for hydroxylation is 1. The van der Waals surface area contributed by atoms with Crippen LogP contribution in [0.5, 0.6) is 0 Å². The molecular formula is C17H18ClNO2. The Hall–Kier alpha value is -2.00. The number of nitrogens with two attached hydrogens (primary N) is 1. The fraction of sp³-hybridized carbons (Fsp3) is 0.235. The summed E-state index contributed by atoms with van der Waals surface area (Å²) in [6, 6.07) is 11.2. The van der Waals surface area contributed by atoms with Crippen LogP contribution in [0.3, 0.4) is 0 Å². The Morgan fingerprint density at radius 3 is 2.57 bits per heavy atom. The number of halogens is 1. The Kier molecular flexibility index (Phi) is 4.53. The molecule has 3 nitrogen and oxygen atoms in total. The van der Waals surface area contributed by atoms with Crippen molar-refractivity contribution in [2.24, 2.45) is 0 Å². The zero-order valence-electron chi connectivity index (χ0n) is 12.3. The molecule has 0 aromatic heterocycles. The van der Waals surface area contributed by atoms with E-state index in [-0.39, 0.29) is 6.10 Å². The predicted molar refractivity (Wildman–Crippen MR) is 86.6 cm³/mol. The predicted octanol–water partition coefficient (Wildman–Crippen LogP) is 4.46. The number of rotatable bonds is 3. The first kappa shape index (κ1) is 15.4. The SMILES string of the molecule is Cc1cccc(-c2cc(Cl)cc(C(=O)OC(C)C)c2N)c1. The molecule has 0 saturated heterocycles. The summed E-state index contributed by atoms with van der Waals surface area (Å²) in [6.07, 6.45) is -0.210. The van der Waals surface area contributed by atoms with Gasteiger partial charge in [0, 0.05) is 10.6 Å². The van der Waals surface area contributed by atoms with Gasteiger partial charge >= 0.3 is 5.97 Å². The molecule has 0 fully saturated rings. The van der Waals surface area contributed by atoms with Gasteiger partial charge in [0.05, 0.1) is 17.4 Å². The van der Waals surface area contributed by atoms with Gasteiger partial charge in [-0.15, -0.1) is 0 Å². The Balaban J connectivity index is 2.54. The number of benzene rings is 2. The monoisotopic (exact) mass is 303 g/mol. The molecule has 110 valence electrons. The molecule has 0 bridgehead atoms. The Bertz CT molecular complexity index is 680. The van der Waals surface area contributed by atoms with Crippen LogP contribution in [0.25, 0.3) is 11.1 Å². The summed E-state index contributed by atoms with van der Waals surface area (Å²) in [7, 11) is 0. The second-order valence-electron chi connectivity index (χ2n) is 5.24. The largest absolute Gasteiger partial charge is 0.459 e. The topological polar surface area (TPSA) is 52.3 Å². The van der Waals surface area contributed by atoms with E-state index < -0.39 is 5.97 Å². The molecule has 21 heavy (non-hydrogen) atoms. The van der Waals surface area contributed by atoms with Gasteiger partial charge in [0.25, 0.3) is 0 Å². The molecular weight excluding hydrogens is 286 g/mol. The van der Waals surface area contributed by atoms with Crippen molar-refractivity contribution >= 4 is 23.3 Å². The van der Waals surface area contributed by atoms with Crippen LogP contribution in [-0.2, 0) is 4.74 Å². The average molecular weight is 304 g/mol. The van der Waals surface area contributed by atoms with Crippen molar-refractivity contribution < 1.29 is 9.53 Å². The number of hydrogen-bond donors (Lipinski definition) is 1. The van der Waals surface area contributed by atoms with Crippen LogP contribution in [0.2, 0.25) is 5.02 Å². The summed E-state index contributed by atoms with van der Waals surface area (Å²) in [5.41, 5.74) is 9.61. The highest BCUT2D eigenvalue weighted by Crippen LogP contribution is 2.33. The number of nitrogen functional groups attached to an aromatic ring is 1. The highest BCUT2D eigenvalue weighted by Gasteiger charge is 2.17. The third kappa shape index (κ3) is 3.56. The van der Waals surface area contributed by atoms with Gasteiger partial charge in [-0.1, -0.05) is 41.4 Å². The molecule has 0 amide bonds. The molecule has 0 aliphatic rings. The number of esters is 1. The van der Waals surface area contributed by atoms with Crippen LogP contribution in [0.4, 0.5) is 5.69 Å². The molecule has 0 radical (unpaired) electrons. The molecule has 0 aliphatic carbocycles. The number of carbonyl (C=O) groups is 1. The molecule has 0 saturated carbocycles. The van der Waals surface area contributed by atoms with Gasteiger partial charge in [0.15, 0.2) is 0 Å². The van der Waals surface area contributed by atoms with E-state index in [4.69, 9.17) is 22.1 Å². The van der Waals surface area contributed by atoms with Crippen molar-refractivity contribution in [3.05, 3.63) is 52.5 Å². The summed E-state index contributed by atoms with van der Waals surface area (Å²) < 4.78 is 5.21. The van der Waals surface area contributed by atoms with Crippen molar-refractivity contribution in [1.82, 2.24) is 0 Å². The first-order chi connectivity index (χ1) is 9.88. The maximum atomic E-state index is 12.1. The molecule has 2 aromatic carbocycles. The Morgan fingerprint density at radius 1 is 1.24 bits per heavy atom. The number of carbonyl (C=O) groups excluding carboxylic acids is 1. The minimum Gasteiger partial charge on any atom is -0.459 e. The maximum absolute atomic E-state index is 12.1. The summed E-state index contributed by atoms with van der Waals surface area (Å²) in [4.78, 5) is 12.1. The lowest BCUT2D eigenvalue weighted by Crippen LogP contribution is -2.14. The highest BCUT2D eigenvalue weighted by molar-refractivity contribution is 6.31. The van der Waals surface area contributed by atoms with Crippen LogP contribution in [0.1, 0.15) is 29.8 Å². The molecule has 0 aliphatic heterocycles. The van der Waals surface area contributed by atoms with Crippen molar-refractivity contribution in [2.45, 2.75) is 26.9 Å². The third-order valence-electron chi connectivity index (χ3n) is 3.04. The Morgan fingerprint density at radius 2 is 1.95 bits per heavy atom. The van der Waals surface area contributed by atoms with E-state index in [0.717, 1.165) is 16.7 Å². The number of ether oxygens (including phenoxy) is 1. The zero-order chi connectivity index (χ0) is 15.6. The first-order valence-electron chi connectivity index (χ1n) is 6.75. The van der Waals surface area contributed by atoms with Crippen molar-refractivity contribution in [3.8, 4) is 11.1 Å². The normalized spacial score (nSPS) is 10.7. The fourth-order valence-electron chi connectivity index (χ4n) is 2.12. The van der Waals surface area contributed by atoms with Crippen LogP contribution >= 0.6 is 11.6 Å². The van der Waals surface area contributed by atoms with Gasteiger partial charge in [-0.3, -0.25) is 0 Å². The second kappa shape index (κ2) is 6.19. The standard InChI is InChI=1S/C17H18ClNO2/c1-10(2)21-17(20)15-9-13(18)8-14(16(15)19)12-6-4-5-11(3)7-12/h4-10H,19H2,1-3H3. The smallest absolute Gasteiger partial charge is 0.340 e. The minimum atomic E-state index is -0.459. The van der Waals surface area contributed by atoms with Gasteiger partial charge in [0.1, 0.15) is 0 Å². The number of anilines is 1. The van der Waals surface area contributed by atoms with E-state index >= 15 is 0 Å². The van der Waals surface area contributed by atoms with Gasteiger partial charge in [-0.2, -0.15) is 0 Å². The molecule has 2 N–H and O–H groups in total. The van der Waals surface area contributed by atoms with Crippen LogP contribution in [0, 0.1) is 6.92 Å². The lowest BCUT2D eigenvalue weighted by Gasteiger charge is -2.14. The molecule has 2 aromatic rings. The van der Waals surface area contributed by atoms with E-state index in [2.05, 4.69) is 0 Å². The van der Waals surface area contributed by atoms with Gasteiger partial charge < -0.3 is 10.5 Å². The lowest BCUT2D eigenvalue weighted by atomic mass is 9.99. The molecule has 0 heterocycles. The first-order valence-corrected chi connectivity index (χ1v) is 7.13. The summed E-state index contributed by atoms with van der Waals surface area (Å²) in [6.45, 7) is 5.58. The minimum absolute atomic E-state index is 0.210. The van der Waals surface area contributed by atoms with Crippen LogP contribution in [0.15, 0.2) is 36.4 Å². The van der Waals surface area contributed by atoms with E-state index in [1.165, 1.54) is 0 Å². The van der Waals surface area contributed by atoms with Crippen molar-refractivity contribution in [2.75, 3.05) is 5.73 Å². The second-order valence-corrected chi connectivity index (χ2v) is 5.67. The third-order valence-corrected chi connectivity index (χ3v) is 3.25. The average Bonchev–Trinajstić information content (AvgIpc) is 2.40. The lowest BCUT2D eigenvalue weighted by molar-refractivity contribution is 0.0379. The van der Waals surface area contributed by atoms with E-state index in [1.54, 1.807) is 26.0 Å². The van der Waals surface area contributed by atoms with E-state index in [0.29, 0.717) is 16.3 Å². The van der Waals surface area contributed by atoms with Gasteiger partial charge in [-0.05, 0) is 38.5 Å². The summed E-state index contributed by atoms with van der Waals surface area (Å²) in [5, 5.41) is 0.455. The fourth-order valence-corrected chi connectivity index (χ4v) is 2.33. The van der Waals surface area contributed by atoms with Crippen molar-refractivity contribution in [1.29, 1.82) is 0 Å². The van der Waals surface area contributed by atoms with Gasteiger partial charge in [0.2, 0.25) is 0 Å². The van der Waals surface area contributed by atoms with Crippen LogP contribution < -0.4 is 5.73 Å². The molecule has 0 atom stereocenters. The van der Waals surface area contributed by atoms with Crippen LogP contribution in [-0.4, -0.2) is 12.1 Å². The molecule has 0 unspecified atom stereocenters. The van der Waals surface area contributed by atoms with Crippen molar-refractivity contribution in [3.63, 3.8) is 0 Å². The quantitative estimate of drug-likeness (QED) is 0.672. The molecule has 0 spiro atoms. The summed E-state index contributed by atoms with van der Waals surface area (Å²) in [5.74, 6) is -0.459. The molecule has 4 heteroatoms. The zero-order valence-corrected chi connectivity index (χ0v) is 13.1. The van der Waals surface area contributed by atoms with E-state index in [9.17, 15) is 4.79 Å². The number of hydrogen-bond acceptors (Lipinski definition) is 3. The highest BCUT2D eigenvalue weighted by atomic mass is 35.5. The summed E-state index contributed by atoms with van der Waals surface area (Å²) >= 11 is 6.13. The Labute approximate surface area is 129 Å². The van der Waals surface area contributed by atoms with E-state index in [1.807, 2.05) is 31.2 Å².